The number of amides is 1. The number of benzene rings is 2. The van der Waals surface area contributed by atoms with Gasteiger partial charge in [-0.05, 0) is 25.5 Å². The van der Waals surface area contributed by atoms with Gasteiger partial charge >= 0.3 is 0 Å². The van der Waals surface area contributed by atoms with Gasteiger partial charge in [-0.3, -0.25) is 4.79 Å². The van der Waals surface area contributed by atoms with Crippen LogP contribution in [0.5, 0.6) is 0 Å². The van der Waals surface area contributed by atoms with Crippen LogP contribution in [0.15, 0.2) is 41.3 Å². The lowest BCUT2D eigenvalue weighted by molar-refractivity contribution is -0.114. The molecule has 0 aliphatic heterocycles. The van der Waals surface area contributed by atoms with E-state index in [1.807, 2.05) is 6.92 Å². The van der Waals surface area contributed by atoms with Crippen LogP contribution < -0.4 is 15.8 Å². The van der Waals surface area contributed by atoms with Gasteiger partial charge in [-0.1, -0.05) is 24.3 Å². The second-order valence-electron chi connectivity index (χ2n) is 5.50. The van der Waals surface area contributed by atoms with Gasteiger partial charge in [0.05, 0.1) is 4.90 Å². The number of nitrogens with one attached hydrogen (secondary N) is 2. The van der Waals surface area contributed by atoms with Crippen LogP contribution >= 0.6 is 0 Å². The molecule has 0 aliphatic rings. The molecule has 0 aromatic heterocycles. The molecule has 23 heavy (non-hydrogen) atoms. The number of anilines is 1. The lowest BCUT2D eigenvalue weighted by Crippen LogP contribution is -2.29. The number of nitrogens with two attached hydrogens (primary N) is 1. The van der Waals surface area contributed by atoms with Crippen molar-refractivity contribution in [3.8, 4) is 0 Å². The topological polar surface area (TPSA) is 101 Å². The minimum atomic E-state index is -3.65. The zero-order valence-electron chi connectivity index (χ0n) is 13.2. The first-order valence-corrected chi connectivity index (χ1v) is 8.84. The molecule has 6 nitrogen and oxygen atoms in total. The van der Waals surface area contributed by atoms with Crippen LogP contribution in [0.1, 0.15) is 20.3 Å². The molecule has 2 rings (SSSR count). The number of rotatable bonds is 6. The van der Waals surface area contributed by atoms with Crippen molar-refractivity contribution in [2.45, 2.75) is 31.2 Å². The standard InChI is InChI=1S/C16H21N3O3S/c1-11(17)9-10-18-23(21,22)16-8-7-15(19-12(2)20)13-5-3-4-6-14(13)16/h3-8,11,18H,9-10,17H2,1-2H3,(H,19,20). The molecule has 1 unspecified atom stereocenters. The van der Waals surface area contributed by atoms with Crippen LogP contribution in [-0.2, 0) is 14.8 Å². The van der Waals surface area contributed by atoms with Crippen molar-refractivity contribution in [2.75, 3.05) is 11.9 Å². The first kappa shape index (κ1) is 17.4. The molecular weight excluding hydrogens is 314 g/mol. The molecule has 0 aliphatic carbocycles. The summed E-state index contributed by atoms with van der Waals surface area (Å²) >= 11 is 0. The molecule has 0 saturated carbocycles. The number of hydrogen-bond acceptors (Lipinski definition) is 4. The van der Waals surface area contributed by atoms with Crippen molar-refractivity contribution in [2.24, 2.45) is 5.73 Å². The summed E-state index contributed by atoms with van der Waals surface area (Å²) in [4.78, 5) is 11.5. The molecule has 0 spiro atoms. The fourth-order valence-corrected chi connectivity index (χ4v) is 3.56. The van der Waals surface area contributed by atoms with Gasteiger partial charge in [0.15, 0.2) is 0 Å². The van der Waals surface area contributed by atoms with Crippen LogP contribution in [0.25, 0.3) is 10.8 Å². The molecule has 124 valence electrons. The Morgan fingerprint density at radius 1 is 1.17 bits per heavy atom. The van der Waals surface area contributed by atoms with Gasteiger partial charge in [0, 0.05) is 36.0 Å². The Hall–Kier alpha value is -1.96. The highest BCUT2D eigenvalue weighted by atomic mass is 32.2. The predicted molar refractivity (Wildman–Crippen MR) is 91.7 cm³/mol. The van der Waals surface area contributed by atoms with Gasteiger partial charge in [0.1, 0.15) is 0 Å². The van der Waals surface area contributed by atoms with Crippen LogP contribution in [0.4, 0.5) is 5.69 Å². The van der Waals surface area contributed by atoms with Gasteiger partial charge in [-0.2, -0.15) is 0 Å². The Morgan fingerprint density at radius 3 is 2.43 bits per heavy atom. The monoisotopic (exact) mass is 335 g/mol. The Labute approximate surface area is 136 Å². The molecule has 1 amide bonds. The highest BCUT2D eigenvalue weighted by Gasteiger charge is 2.18. The second-order valence-corrected chi connectivity index (χ2v) is 7.24. The van der Waals surface area contributed by atoms with Crippen LogP contribution in [0.3, 0.4) is 0 Å². The van der Waals surface area contributed by atoms with Gasteiger partial charge in [0.25, 0.3) is 0 Å². The molecule has 1 atom stereocenters. The molecule has 0 fully saturated rings. The van der Waals surface area contributed by atoms with E-state index in [9.17, 15) is 13.2 Å². The third-order valence-corrected chi connectivity index (χ3v) is 4.90. The minimum Gasteiger partial charge on any atom is -0.328 e. The van der Waals surface area contributed by atoms with E-state index in [2.05, 4.69) is 10.0 Å². The summed E-state index contributed by atoms with van der Waals surface area (Å²) in [5.74, 6) is -0.208. The van der Waals surface area contributed by atoms with Crippen molar-refractivity contribution < 1.29 is 13.2 Å². The summed E-state index contributed by atoms with van der Waals surface area (Å²) in [5, 5.41) is 3.95. The van der Waals surface area contributed by atoms with Crippen molar-refractivity contribution >= 4 is 32.4 Å². The average molecular weight is 335 g/mol. The fraction of sp³-hybridized carbons (Fsp3) is 0.312. The molecule has 4 N–H and O–H groups in total. The first-order chi connectivity index (χ1) is 10.8. The van der Waals surface area contributed by atoms with Crippen LogP contribution in [-0.4, -0.2) is 26.9 Å². The van der Waals surface area contributed by atoms with Crippen molar-refractivity contribution in [1.29, 1.82) is 0 Å². The van der Waals surface area contributed by atoms with Crippen LogP contribution in [0.2, 0.25) is 0 Å². The van der Waals surface area contributed by atoms with Gasteiger partial charge in [-0.15, -0.1) is 0 Å². The number of carbonyl (C=O) groups is 1. The van der Waals surface area contributed by atoms with E-state index >= 15 is 0 Å². The summed E-state index contributed by atoms with van der Waals surface area (Å²) in [5.41, 5.74) is 6.23. The van der Waals surface area contributed by atoms with E-state index < -0.39 is 10.0 Å². The normalized spacial score (nSPS) is 13.0. The first-order valence-electron chi connectivity index (χ1n) is 7.36. The summed E-state index contributed by atoms with van der Waals surface area (Å²) in [7, 11) is -3.65. The Bertz CT molecular complexity index is 816. The zero-order valence-corrected chi connectivity index (χ0v) is 14.0. The zero-order chi connectivity index (χ0) is 17.0. The summed E-state index contributed by atoms with van der Waals surface area (Å²) in [6.45, 7) is 3.52. The highest BCUT2D eigenvalue weighted by molar-refractivity contribution is 7.89. The van der Waals surface area contributed by atoms with E-state index in [1.54, 1.807) is 30.3 Å². The molecule has 7 heteroatoms. The maximum Gasteiger partial charge on any atom is 0.241 e. The van der Waals surface area contributed by atoms with Gasteiger partial charge < -0.3 is 11.1 Å². The summed E-state index contributed by atoms with van der Waals surface area (Å²) in [6.07, 6.45) is 0.557. The Morgan fingerprint density at radius 2 is 1.83 bits per heavy atom. The Kier molecular flexibility index (Phi) is 5.35. The van der Waals surface area contributed by atoms with E-state index in [0.29, 0.717) is 22.9 Å². The van der Waals surface area contributed by atoms with Gasteiger partial charge in [-0.25, -0.2) is 13.1 Å². The lowest BCUT2D eigenvalue weighted by atomic mass is 10.1. The average Bonchev–Trinajstić information content (AvgIpc) is 2.46. The highest BCUT2D eigenvalue weighted by Crippen LogP contribution is 2.29. The fourth-order valence-electron chi connectivity index (χ4n) is 2.30. The van der Waals surface area contributed by atoms with E-state index in [4.69, 9.17) is 5.73 Å². The molecule has 0 heterocycles. The number of carbonyl (C=O) groups excluding carboxylic acids is 1. The largest absolute Gasteiger partial charge is 0.328 e. The third kappa shape index (κ3) is 4.28. The summed E-state index contributed by atoms with van der Waals surface area (Å²) in [6, 6.07) is 10.1. The quantitative estimate of drug-likeness (QED) is 0.749. The molecule has 2 aromatic rings. The van der Waals surface area contributed by atoms with Gasteiger partial charge in [0.2, 0.25) is 15.9 Å². The maximum atomic E-state index is 12.5. The number of fused-ring (bicyclic) bond motifs is 1. The maximum absolute atomic E-state index is 12.5. The SMILES string of the molecule is CC(=O)Nc1ccc(S(=O)(=O)NCCC(C)N)c2ccccc12. The van der Waals surface area contributed by atoms with E-state index in [-0.39, 0.29) is 23.4 Å². The smallest absolute Gasteiger partial charge is 0.241 e. The number of hydrogen-bond donors (Lipinski definition) is 3. The third-order valence-electron chi connectivity index (χ3n) is 3.38. The van der Waals surface area contributed by atoms with Crippen molar-refractivity contribution in [3.05, 3.63) is 36.4 Å². The number of sulfonamides is 1. The molecule has 0 saturated heterocycles. The Balaban J connectivity index is 2.44. The molecule has 0 bridgehead atoms. The predicted octanol–water partition coefficient (Wildman–Crippen LogP) is 1.81. The molecule has 2 aromatic carbocycles. The second kappa shape index (κ2) is 7.08. The lowest BCUT2D eigenvalue weighted by Gasteiger charge is -2.13. The van der Waals surface area contributed by atoms with E-state index in [1.165, 1.54) is 13.0 Å². The van der Waals surface area contributed by atoms with Crippen molar-refractivity contribution in [3.63, 3.8) is 0 Å². The van der Waals surface area contributed by atoms with Crippen LogP contribution in [0, 0.1) is 0 Å². The molecular formula is C16H21N3O3S. The minimum absolute atomic E-state index is 0.0726. The van der Waals surface area contributed by atoms with E-state index in [0.717, 1.165) is 0 Å². The molecule has 0 radical (unpaired) electrons. The van der Waals surface area contributed by atoms with Crippen molar-refractivity contribution in [1.82, 2.24) is 4.72 Å². The summed E-state index contributed by atoms with van der Waals surface area (Å²) < 4.78 is 27.6.